The number of para-hydroxylation sites is 1. The molecular formula is C14H18N2O2. The monoisotopic (exact) mass is 246 g/mol. The maximum absolute atomic E-state index is 11.8. The number of nitrogens with one attached hydrogen (secondary N) is 1. The lowest BCUT2D eigenvalue weighted by Crippen LogP contribution is -2.22. The Morgan fingerprint density at radius 1 is 1.44 bits per heavy atom. The summed E-state index contributed by atoms with van der Waals surface area (Å²) in [6, 6.07) is 7.88. The molecule has 2 aromatic rings. The van der Waals surface area contributed by atoms with Crippen LogP contribution in [-0.2, 0) is 11.2 Å². The minimum Gasteiger partial charge on any atom is -0.464 e. The molecule has 0 fully saturated rings. The van der Waals surface area contributed by atoms with Gasteiger partial charge in [-0.1, -0.05) is 25.1 Å². The number of esters is 1. The average Bonchev–Trinajstić information content (AvgIpc) is 2.77. The molecular weight excluding hydrogens is 228 g/mol. The van der Waals surface area contributed by atoms with Crippen LogP contribution in [0.4, 0.5) is 0 Å². The molecule has 96 valence electrons. The van der Waals surface area contributed by atoms with Crippen LogP contribution in [0.3, 0.4) is 0 Å². The van der Waals surface area contributed by atoms with E-state index in [1.807, 2.05) is 31.2 Å². The van der Waals surface area contributed by atoms with Gasteiger partial charge in [0.2, 0.25) is 0 Å². The number of benzene rings is 1. The lowest BCUT2D eigenvalue weighted by Gasteiger charge is -2.09. The molecule has 0 amide bonds. The smallest absolute Gasteiger partial charge is 0.354 e. The molecule has 0 aliphatic rings. The summed E-state index contributed by atoms with van der Waals surface area (Å²) < 4.78 is 4.81. The van der Waals surface area contributed by atoms with Gasteiger partial charge in [-0.25, -0.2) is 4.79 Å². The molecule has 4 heteroatoms. The predicted octanol–water partition coefficient (Wildman–Crippen LogP) is 2.23. The third-order valence-corrected chi connectivity index (χ3v) is 3.19. The number of hydrogen-bond donors (Lipinski definition) is 2. The summed E-state index contributed by atoms with van der Waals surface area (Å²) in [5.74, 6) is -0.343. The van der Waals surface area contributed by atoms with Crippen LogP contribution in [-0.4, -0.2) is 24.1 Å². The van der Waals surface area contributed by atoms with Gasteiger partial charge in [0.1, 0.15) is 5.69 Å². The normalized spacial score (nSPS) is 12.6. The molecule has 1 atom stereocenters. The van der Waals surface area contributed by atoms with Gasteiger partial charge < -0.3 is 15.5 Å². The second-order valence-electron chi connectivity index (χ2n) is 4.39. The summed E-state index contributed by atoms with van der Waals surface area (Å²) in [6.45, 7) is 2.04. The molecule has 0 saturated carbocycles. The molecule has 2 rings (SSSR count). The maximum atomic E-state index is 11.8. The molecule has 1 unspecified atom stereocenters. The average molecular weight is 246 g/mol. The quantitative estimate of drug-likeness (QED) is 0.813. The minimum absolute atomic E-state index is 0.0487. The van der Waals surface area contributed by atoms with Crippen LogP contribution >= 0.6 is 0 Å². The molecule has 4 nitrogen and oxygen atoms in total. The number of aromatic amines is 1. The maximum Gasteiger partial charge on any atom is 0.354 e. The van der Waals surface area contributed by atoms with Crippen molar-refractivity contribution in [3.63, 3.8) is 0 Å². The number of rotatable bonds is 4. The van der Waals surface area contributed by atoms with Crippen molar-refractivity contribution in [3.05, 3.63) is 35.5 Å². The van der Waals surface area contributed by atoms with E-state index in [2.05, 4.69) is 4.98 Å². The summed E-state index contributed by atoms with van der Waals surface area (Å²) >= 11 is 0. The third kappa shape index (κ3) is 2.24. The Morgan fingerprint density at radius 2 is 2.17 bits per heavy atom. The van der Waals surface area contributed by atoms with Crippen molar-refractivity contribution in [2.75, 3.05) is 7.11 Å². The Hall–Kier alpha value is -1.81. The number of carbonyl (C=O) groups excluding carboxylic acids is 1. The van der Waals surface area contributed by atoms with Crippen LogP contribution in [0.25, 0.3) is 10.9 Å². The molecule has 0 spiro atoms. The first kappa shape index (κ1) is 12.6. The molecule has 0 radical (unpaired) electrons. The number of ether oxygens (including phenoxy) is 1. The number of aromatic nitrogens is 1. The van der Waals surface area contributed by atoms with Crippen molar-refractivity contribution in [1.29, 1.82) is 0 Å². The molecule has 1 heterocycles. The van der Waals surface area contributed by atoms with E-state index in [9.17, 15) is 4.79 Å². The van der Waals surface area contributed by atoms with Gasteiger partial charge in [0.15, 0.2) is 0 Å². The van der Waals surface area contributed by atoms with Crippen molar-refractivity contribution in [3.8, 4) is 0 Å². The summed E-state index contributed by atoms with van der Waals surface area (Å²) in [5, 5.41) is 1.04. The molecule has 0 aliphatic heterocycles. The van der Waals surface area contributed by atoms with Crippen LogP contribution in [0.2, 0.25) is 0 Å². The number of carbonyl (C=O) groups is 1. The van der Waals surface area contributed by atoms with E-state index in [-0.39, 0.29) is 12.0 Å². The Labute approximate surface area is 106 Å². The number of fused-ring (bicyclic) bond motifs is 1. The standard InChI is InChI=1S/C14H18N2O2/c1-3-9(15)8-11-10-6-4-5-7-12(10)16-13(11)14(17)18-2/h4-7,9,16H,3,8,15H2,1-2H3. The second kappa shape index (κ2) is 5.23. The zero-order valence-electron chi connectivity index (χ0n) is 10.7. The van der Waals surface area contributed by atoms with Gasteiger partial charge in [-0.2, -0.15) is 0 Å². The van der Waals surface area contributed by atoms with Crippen LogP contribution in [0.5, 0.6) is 0 Å². The molecule has 0 aliphatic carbocycles. The zero-order valence-corrected chi connectivity index (χ0v) is 10.7. The van der Waals surface area contributed by atoms with Gasteiger partial charge in [0.25, 0.3) is 0 Å². The minimum atomic E-state index is -0.343. The van der Waals surface area contributed by atoms with Crippen LogP contribution < -0.4 is 5.73 Å². The van der Waals surface area contributed by atoms with E-state index in [0.29, 0.717) is 12.1 Å². The Kier molecular flexibility index (Phi) is 3.67. The molecule has 0 saturated heterocycles. The highest BCUT2D eigenvalue weighted by molar-refractivity contribution is 5.98. The van der Waals surface area contributed by atoms with E-state index < -0.39 is 0 Å². The van der Waals surface area contributed by atoms with Gasteiger partial charge in [0, 0.05) is 16.9 Å². The van der Waals surface area contributed by atoms with E-state index in [1.54, 1.807) is 0 Å². The van der Waals surface area contributed by atoms with Crippen molar-refractivity contribution in [2.45, 2.75) is 25.8 Å². The van der Waals surface area contributed by atoms with E-state index in [0.717, 1.165) is 22.9 Å². The summed E-state index contributed by atoms with van der Waals surface area (Å²) in [4.78, 5) is 14.9. The highest BCUT2D eigenvalue weighted by Gasteiger charge is 2.19. The van der Waals surface area contributed by atoms with Gasteiger partial charge in [-0.05, 0) is 24.5 Å². The van der Waals surface area contributed by atoms with Gasteiger partial charge in [-0.3, -0.25) is 0 Å². The van der Waals surface area contributed by atoms with E-state index in [1.165, 1.54) is 7.11 Å². The zero-order chi connectivity index (χ0) is 13.1. The summed E-state index contributed by atoms with van der Waals surface area (Å²) in [7, 11) is 1.39. The first-order valence-corrected chi connectivity index (χ1v) is 6.10. The van der Waals surface area contributed by atoms with Crippen LogP contribution in [0.15, 0.2) is 24.3 Å². The summed E-state index contributed by atoms with van der Waals surface area (Å²) in [6.07, 6.45) is 1.55. The lowest BCUT2D eigenvalue weighted by atomic mass is 10.0. The second-order valence-corrected chi connectivity index (χ2v) is 4.39. The van der Waals surface area contributed by atoms with Gasteiger partial charge >= 0.3 is 5.97 Å². The van der Waals surface area contributed by atoms with E-state index >= 15 is 0 Å². The summed E-state index contributed by atoms with van der Waals surface area (Å²) in [5.41, 5.74) is 8.41. The van der Waals surface area contributed by atoms with Crippen molar-refractivity contribution >= 4 is 16.9 Å². The fraction of sp³-hybridized carbons (Fsp3) is 0.357. The van der Waals surface area contributed by atoms with E-state index in [4.69, 9.17) is 10.5 Å². The Bertz CT molecular complexity index is 560. The fourth-order valence-corrected chi connectivity index (χ4v) is 2.09. The lowest BCUT2D eigenvalue weighted by molar-refractivity contribution is 0.0594. The highest BCUT2D eigenvalue weighted by atomic mass is 16.5. The van der Waals surface area contributed by atoms with Gasteiger partial charge in [0.05, 0.1) is 7.11 Å². The Morgan fingerprint density at radius 3 is 2.83 bits per heavy atom. The SMILES string of the molecule is CCC(N)Cc1c(C(=O)OC)[nH]c2ccccc12. The molecule has 3 N–H and O–H groups in total. The van der Waals surface area contributed by atoms with Crippen LogP contribution in [0, 0.1) is 0 Å². The molecule has 18 heavy (non-hydrogen) atoms. The highest BCUT2D eigenvalue weighted by Crippen LogP contribution is 2.24. The molecule has 0 bridgehead atoms. The predicted molar refractivity (Wildman–Crippen MR) is 71.6 cm³/mol. The number of nitrogens with two attached hydrogens (primary N) is 1. The number of methoxy groups -OCH3 is 1. The van der Waals surface area contributed by atoms with Crippen molar-refractivity contribution in [1.82, 2.24) is 4.98 Å². The first-order valence-electron chi connectivity index (χ1n) is 6.10. The molecule has 1 aromatic carbocycles. The number of H-pyrrole nitrogens is 1. The van der Waals surface area contributed by atoms with Crippen molar-refractivity contribution < 1.29 is 9.53 Å². The van der Waals surface area contributed by atoms with Crippen LogP contribution in [0.1, 0.15) is 29.4 Å². The fourth-order valence-electron chi connectivity index (χ4n) is 2.09. The topological polar surface area (TPSA) is 68.1 Å². The largest absolute Gasteiger partial charge is 0.464 e. The van der Waals surface area contributed by atoms with Gasteiger partial charge in [-0.15, -0.1) is 0 Å². The third-order valence-electron chi connectivity index (χ3n) is 3.19. The van der Waals surface area contributed by atoms with Crippen molar-refractivity contribution in [2.24, 2.45) is 5.73 Å². The first-order chi connectivity index (χ1) is 8.67. The number of hydrogen-bond acceptors (Lipinski definition) is 3. The Balaban J connectivity index is 2.54. The molecule has 1 aromatic heterocycles.